The van der Waals surface area contributed by atoms with Gasteiger partial charge in [-0.3, -0.25) is 9.78 Å². The largest absolute Gasteiger partial charge is 0.497 e. The molecular weight excluding hydrogens is 330 g/mol. The van der Waals surface area contributed by atoms with Gasteiger partial charge in [0.2, 0.25) is 0 Å². The highest BCUT2D eigenvalue weighted by Gasteiger charge is 2.32. The molecule has 140 valence electrons. The minimum atomic E-state index is -0.0808. The number of nitrogens with one attached hydrogen (secondary N) is 2. The second-order valence-corrected chi connectivity index (χ2v) is 7.06. The third kappa shape index (κ3) is 3.97. The summed E-state index contributed by atoms with van der Waals surface area (Å²) < 4.78 is 10.7. The van der Waals surface area contributed by atoms with Crippen molar-refractivity contribution < 1.29 is 14.3 Å². The minimum absolute atomic E-state index is 0.00870. The molecule has 0 aliphatic carbocycles. The van der Waals surface area contributed by atoms with Crippen molar-refractivity contribution in [1.29, 1.82) is 0 Å². The van der Waals surface area contributed by atoms with Gasteiger partial charge in [0, 0.05) is 30.1 Å². The standard InChI is InChI=1S/C20H27N3O3/c1-14-10-17(16-11-15(26-3)4-5-18(16)23-14)19(24)22-12-20(13-25-2)6-8-21-9-7-20/h4-5,10-11,21H,6-9,12-13H2,1-3H3,(H,22,24). The molecule has 0 atom stereocenters. The van der Waals surface area contributed by atoms with E-state index in [2.05, 4.69) is 15.6 Å². The van der Waals surface area contributed by atoms with Crippen molar-refractivity contribution in [2.45, 2.75) is 19.8 Å². The molecule has 26 heavy (non-hydrogen) atoms. The zero-order chi connectivity index (χ0) is 18.6. The van der Waals surface area contributed by atoms with E-state index in [4.69, 9.17) is 9.47 Å². The van der Waals surface area contributed by atoms with E-state index in [0.717, 1.165) is 42.5 Å². The first-order chi connectivity index (χ1) is 12.6. The van der Waals surface area contributed by atoms with E-state index in [9.17, 15) is 4.79 Å². The summed E-state index contributed by atoms with van der Waals surface area (Å²) in [6.45, 7) is 5.06. The van der Waals surface area contributed by atoms with Gasteiger partial charge in [-0.25, -0.2) is 0 Å². The van der Waals surface area contributed by atoms with Gasteiger partial charge < -0.3 is 20.1 Å². The van der Waals surface area contributed by atoms with Gasteiger partial charge in [-0.1, -0.05) is 0 Å². The lowest BCUT2D eigenvalue weighted by Crippen LogP contribution is -2.47. The number of pyridine rings is 1. The van der Waals surface area contributed by atoms with Crippen LogP contribution in [0, 0.1) is 12.3 Å². The Labute approximate surface area is 154 Å². The van der Waals surface area contributed by atoms with Crippen molar-refractivity contribution in [3.63, 3.8) is 0 Å². The summed E-state index contributed by atoms with van der Waals surface area (Å²) in [5.41, 5.74) is 2.24. The Kier molecular flexibility index (Phi) is 5.74. The van der Waals surface area contributed by atoms with Gasteiger partial charge in [0.1, 0.15) is 5.75 Å². The first-order valence-corrected chi connectivity index (χ1v) is 9.00. The van der Waals surface area contributed by atoms with E-state index in [1.165, 1.54) is 0 Å². The molecule has 1 aromatic carbocycles. The second kappa shape index (κ2) is 8.01. The molecule has 6 heteroatoms. The molecule has 2 N–H and O–H groups in total. The fourth-order valence-corrected chi connectivity index (χ4v) is 3.65. The Morgan fingerprint density at radius 3 is 2.73 bits per heavy atom. The molecule has 0 saturated carbocycles. The van der Waals surface area contributed by atoms with Gasteiger partial charge >= 0.3 is 0 Å². The Morgan fingerprint density at radius 1 is 1.27 bits per heavy atom. The first kappa shape index (κ1) is 18.6. The van der Waals surface area contributed by atoms with Gasteiger partial charge in [-0.05, 0) is 57.1 Å². The molecule has 0 radical (unpaired) electrons. The summed E-state index contributed by atoms with van der Waals surface area (Å²) >= 11 is 0. The monoisotopic (exact) mass is 357 g/mol. The number of nitrogens with zero attached hydrogens (tertiary/aromatic N) is 1. The quantitative estimate of drug-likeness (QED) is 0.830. The fourth-order valence-electron chi connectivity index (χ4n) is 3.65. The lowest BCUT2D eigenvalue weighted by atomic mass is 9.79. The number of carbonyl (C=O) groups is 1. The second-order valence-electron chi connectivity index (χ2n) is 7.06. The van der Waals surface area contributed by atoms with Crippen molar-refractivity contribution in [3.05, 3.63) is 35.5 Å². The van der Waals surface area contributed by atoms with Crippen LogP contribution < -0.4 is 15.4 Å². The molecule has 0 unspecified atom stereocenters. The molecule has 1 aromatic heterocycles. The van der Waals surface area contributed by atoms with Crippen molar-refractivity contribution in [2.24, 2.45) is 5.41 Å². The highest BCUT2D eigenvalue weighted by atomic mass is 16.5. The number of piperidine rings is 1. The van der Waals surface area contributed by atoms with Crippen molar-refractivity contribution in [2.75, 3.05) is 40.5 Å². The number of hydrogen-bond acceptors (Lipinski definition) is 5. The number of fused-ring (bicyclic) bond motifs is 1. The van der Waals surface area contributed by atoms with E-state index in [-0.39, 0.29) is 11.3 Å². The van der Waals surface area contributed by atoms with Crippen molar-refractivity contribution >= 4 is 16.8 Å². The maximum atomic E-state index is 13.0. The highest BCUT2D eigenvalue weighted by molar-refractivity contribution is 6.06. The molecule has 2 heterocycles. The number of methoxy groups -OCH3 is 2. The molecule has 1 fully saturated rings. The van der Waals surface area contributed by atoms with Crippen LogP contribution in [0.15, 0.2) is 24.3 Å². The van der Waals surface area contributed by atoms with Crippen LogP contribution >= 0.6 is 0 Å². The number of aromatic nitrogens is 1. The maximum absolute atomic E-state index is 13.0. The molecule has 1 amide bonds. The molecule has 0 bridgehead atoms. The van der Waals surface area contributed by atoms with Crippen molar-refractivity contribution in [1.82, 2.24) is 15.6 Å². The van der Waals surface area contributed by atoms with E-state index < -0.39 is 0 Å². The summed E-state index contributed by atoms with van der Waals surface area (Å²) in [5, 5.41) is 7.31. The Bertz CT molecular complexity index is 780. The third-order valence-electron chi connectivity index (χ3n) is 5.13. The SMILES string of the molecule is COCC1(CNC(=O)c2cc(C)nc3ccc(OC)cc23)CCNCC1. The lowest BCUT2D eigenvalue weighted by molar-refractivity contribution is 0.0512. The van der Waals surface area contributed by atoms with Crippen LogP contribution in [0.5, 0.6) is 5.75 Å². The lowest BCUT2D eigenvalue weighted by Gasteiger charge is -2.37. The zero-order valence-electron chi connectivity index (χ0n) is 15.7. The normalized spacial score (nSPS) is 16.4. The van der Waals surface area contributed by atoms with Crippen LogP contribution in [0.3, 0.4) is 0 Å². The predicted octanol–water partition coefficient (Wildman–Crippen LogP) is 2.30. The molecule has 2 aromatic rings. The van der Waals surface area contributed by atoms with Crippen LogP contribution in [0.4, 0.5) is 0 Å². The Balaban J connectivity index is 1.84. The number of aryl methyl sites for hydroxylation is 1. The van der Waals surface area contributed by atoms with Crippen molar-refractivity contribution in [3.8, 4) is 5.75 Å². The molecule has 1 aliphatic heterocycles. The van der Waals surface area contributed by atoms with Gasteiger partial charge in [0.05, 0.1) is 24.8 Å². The number of benzene rings is 1. The molecular formula is C20H27N3O3. The smallest absolute Gasteiger partial charge is 0.252 e. The van der Waals surface area contributed by atoms with E-state index in [1.807, 2.05) is 31.2 Å². The average molecular weight is 357 g/mol. The minimum Gasteiger partial charge on any atom is -0.497 e. The van der Waals surface area contributed by atoms with Crippen LogP contribution in [0.1, 0.15) is 28.9 Å². The maximum Gasteiger partial charge on any atom is 0.252 e. The topological polar surface area (TPSA) is 72.5 Å². The molecule has 3 rings (SSSR count). The molecule has 1 aliphatic rings. The van der Waals surface area contributed by atoms with E-state index >= 15 is 0 Å². The first-order valence-electron chi connectivity index (χ1n) is 9.00. The van der Waals surface area contributed by atoms with Gasteiger partial charge in [-0.15, -0.1) is 0 Å². The number of hydrogen-bond donors (Lipinski definition) is 2. The summed E-state index contributed by atoms with van der Waals surface area (Å²) in [6.07, 6.45) is 1.98. The van der Waals surface area contributed by atoms with Crippen LogP contribution in [0.2, 0.25) is 0 Å². The van der Waals surface area contributed by atoms with Crippen LogP contribution in [-0.4, -0.2) is 51.4 Å². The number of carbonyl (C=O) groups excluding carboxylic acids is 1. The zero-order valence-corrected chi connectivity index (χ0v) is 15.7. The summed E-state index contributed by atoms with van der Waals surface area (Å²) in [6, 6.07) is 7.45. The van der Waals surface area contributed by atoms with E-state index in [1.54, 1.807) is 14.2 Å². The average Bonchev–Trinajstić information content (AvgIpc) is 2.66. The number of rotatable bonds is 6. The van der Waals surface area contributed by atoms with Crippen LogP contribution in [0.25, 0.3) is 10.9 Å². The molecule has 1 saturated heterocycles. The van der Waals surface area contributed by atoms with Gasteiger partial charge in [-0.2, -0.15) is 0 Å². The Morgan fingerprint density at radius 2 is 2.04 bits per heavy atom. The fraction of sp³-hybridized carbons (Fsp3) is 0.500. The summed E-state index contributed by atoms with van der Waals surface area (Å²) in [5.74, 6) is 0.633. The summed E-state index contributed by atoms with van der Waals surface area (Å²) in [4.78, 5) is 17.5. The van der Waals surface area contributed by atoms with Gasteiger partial charge in [0.15, 0.2) is 0 Å². The number of ether oxygens (including phenoxy) is 2. The summed E-state index contributed by atoms with van der Waals surface area (Å²) in [7, 11) is 3.34. The van der Waals surface area contributed by atoms with Crippen LogP contribution in [-0.2, 0) is 4.74 Å². The van der Waals surface area contributed by atoms with Gasteiger partial charge in [0.25, 0.3) is 5.91 Å². The molecule has 6 nitrogen and oxygen atoms in total. The number of amides is 1. The Hall–Kier alpha value is -2.18. The third-order valence-corrected chi connectivity index (χ3v) is 5.13. The highest BCUT2D eigenvalue weighted by Crippen LogP contribution is 2.29. The predicted molar refractivity (Wildman–Crippen MR) is 102 cm³/mol. The molecule has 0 spiro atoms. The van der Waals surface area contributed by atoms with E-state index in [0.29, 0.717) is 24.5 Å².